The van der Waals surface area contributed by atoms with Crippen LogP contribution in [-0.2, 0) is 6.42 Å². The molecule has 0 saturated carbocycles. The smallest absolute Gasteiger partial charge is 0.0340 e. The Hall–Kier alpha value is -1.76. The number of anilines is 1. The van der Waals surface area contributed by atoms with Crippen LogP contribution in [-0.4, -0.2) is 6.54 Å². The van der Waals surface area contributed by atoms with Crippen molar-refractivity contribution < 1.29 is 0 Å². The monoisotopic (exact) mass is 239 g/mol. The molecule has 1 nitrogen and oxygen atoms in total. The van der Waals surface area contributed by atoms with E-state index in [4.69, 9.17) is 0 Å². The van der Waals surface area contributed by atoms with Crippen LogP contribution in [0, 0.1) is 13.8 Å². The molecule has 0 aliphatic carbocycles. The first-order chi connectivity index (χ1) is 8.74. The van der Waals surface area contributed by atoms with Gasteiger partial charge in [-0.15, -0.1) is 0 Å². The summed E-state index contributed by atoms with van der Waals surface area (Å²) in [7, 11) is 0. The summed E-state index contributed by atoms with van der Waals surface area (Å²) in [6.07, 6.45) is 2.30. The molecule has 0 amide bonds. The van der Waals surface area contributed by atoms with Crippen molar-refractivity contribution in [3.05, 3.63) is 65.2 Å². The zero-order valence-corrected chi connectivity index (χ0v) is 11.2. The molecular weight excluding hydrogens is 218 g/mol. The zero-order chi connectivity index (χ0) is 12.8. The molecule has 0 spiro atoms. The predicted octanol–water partition coefficient (Wildman–Crippen LogP) is 4.35. The molecule has 0 saturated heterocycles. The second-order valence-electron chi connectivity index (χ2n) is 4.88. The van der Waals surface area contributed by atoms with Gasteiger partial charge in [-0.3, -0.25) is 0 Å². The van der Waals surface area contributed by atoms with Crippen LogP contribution in [0.25, 0.3) is 0 Å². The topological polar surface area (TPSA) is 12.0 Å². The van der Waals surface area contributed by atoms with E-state index in [0.29, 0.717) is 0 Å². The highest BCUT2D eigenvalue weighted by Gasteiger charge is 1.94. The summed E-state index contributed by atoms with van der Waals surface area (Å²) in [5.41, 5.74) is 5.27. The Labute approximate surface area is 110 Å². The van der Waals surface area contributed by atoms with E-state index in [1.165, 1.54) is 22.4 Å². The number of hydrogen-bond acceptors (Lipinski definition) is 1. The third-order valence-corrected chi connectivity index (χ3v) is 3.14. The largest absolute Gasteiger partial charge is 0.385 e. The van der Waals surface area contributed by atoms with E-state index in [2.05, 4.69) is 67.7 Å². The summed E-state index contributed by atoms with van der Waals surface area (Å²) in [4.78, 5) is 0. The first-order valence-corrected chi connectivity index (χ1v) is 6.60. The van der Waals surface area contributed by atoms with Gasteiger partial charge in [0.05, 0.1) is 0 Å². The zero-order valence-electron chi connectivity index (χ0n) is 11.2. The van der Waals surface area contributed by atoms with Crippen LogP contribution >= 0.6 is 0 Å². The lowest BCUT2D eigenvalue weighted by atomic mass is 10.1. The second-order valence-corrected chi connectivity index (χ2v) is 4.88. The molecule has 1 N–H and O–H groups in total. The molecule has 0 unspecified atom stereocenters. The van der Waals surface area contributed by atoms with Gasteiger partial charge in [-0.1, -0.05) is 47.5 Å². The molecule has 0 radical (unpaired) electrons. The molecular formula is C17H21N. The Balaban J connectivity index is 1.73. The maximum absolute atomic E-state index is 3.45. The summed E-state index contributed by atoms with van der Waals surface area (Å²) in [6, 6.07) is 17.4. The molecule has 0 aliphatic heterocycles. The van der Waals surface area contributed by atoms with E-state index >= 15 is 0 Å². The van der Waals surface area contributed by atoms with Crippen molar-refractivity contribution in [1.29, 1.82) is 0 Å². The first kappa shape index (κ1) is 12.7. The van der Waals surface area contributed by atoms with Crippen LogP contribution < -0.4 is 5.32 Å². The van der Waals surface area contributed by atoms with E-state index in [0.717, 1.165) is 19.4 Å². The highest BCUT2D eigenvalue weighted by molar-refractivity contribution is 5.44. The fourth-order valence-corrected chi connectivity index (χ4v) is 1.95. The molecule has 2 rings (SSSR count). The Morgan fingerprint density at radius 1 is 0.778 bits per heavy atom. The van der Waals surface area contributed by atoms with Gasteiger partial charge in [0.2, 0.25) is 0 Å². The van der Waals surface area contributed by atoms with Gasteiger partial charge in [-0.05, 0) is 44.4 Å². The summed E-state index contributed by atoms with van der Waals surface area (Å²) in [5.74, 6) is 0. The number of aryl methyl sites for hydroxylation is 3. The number of rotatable bonds is 5. The molecule has 0 heterocycles. The lowest BCUT2D eigenvalue weighted by Crippen LogP contribution is -2.02. The second kappa shape index (κ2) is 6.25. The molecule has 0 fully saturated rings. The van der Waals surface area contributed by atoms with Gasteiger partial charge in [0.1, 0.15) is 0 Å². The quantitative estimate of drug-likeness (QED) is 0.765. The molecule has 1 heteroatoms. The lowest BCUT2D eigenvalue weighted by molar-refractivity contribution is 0.862. The van der Waals surface area contributed by atoms with Gasteiger partial charge in [-0.25, -0.2) is 0 Å². The summed E-state index contributed by atoms with van der Waals surface area (Å²) < 4.78 is 0. The summed E-state index contributed by atoms with van der Waals surface area (Å²) in [5, 5.41) is 3.45. The van der Waals surface area contributed by atoms with E-state index in [1.54, 1.807) is 0 Å². The Morgan fingerprint density at radius 3 is 1.94 bits per heavy atom. The molecule has 2 aromatic carbocycles. The van der Waals surface area contributed by atoms with E-state index in [9.17, 15) is 0 Å². The van der Waals surface area contributed by atoms with Crippen LogP contribution in [0.5, 0.6) is 0 Å². The van der Waals surface area contributed by atoms with Gasteiger partial charge in [0.15, 0.2) is 0 Å². The predicted molar refractivity (Wildman–Crippen MR) is 79.2 cm³/mol. The minimum atomic E-state index is 1.02. The third-order valence-electron chi connectivity index (χ3n) is 3.14. The maximum atomic E-state index is 3.45. The molecule has 0 aliphatic rings. The third kappa shape index (κ3) is 3.92. The molecule has 2 aromatic rings. The van der Waals surface area contributed by atoms with Crippen LogP contribution in [0.1, 0.15) is 23.1 Å². The van der Waals surface area contributed by atoms with Gasteiger partial charge < -0.3 is 5.32 Å². The Kier molecular flexibility index (Phi) is 4.40. The van der Waals surface area contributed by atoms with Crippen molar-refractivity contribution >= 4 is 5.69 Å². The normalized spacial score (nSPS) is 10.3. The fourth-order valence-electron chi connectivity index (χ4n) is 1.95. The highest BCUT2D eigenvalue weighted by atomic mass is 14.9. The van der Waals surface area contributed by atoms with Gasteiger partial charge >= 0.3 is 0 Å². The van der Waals surface area contributed by atoms with Crippen molar-refractivity contribution in [3.63, 3.8) is 0 Å². The molecule has 0 atom stereocenters. The van der Waals surface area contributed by atoms with Crippen molar-refractivity contribution in [2.75, 3.05) is 11.9 Å². The van der Waals surface area contributed by atoms with Gasteiger partial charge in [0, 0.05) is 12.2 Å². The molecule has 94 valence electrons. The average molecular weight is 239 g/mol. The van der Waals surface area contributed by atoms with Crippen LogP contribution in [0.3, 0.4) is 0 Å². The lowest BCUT2D eigenvalue weighted by Gasteiger charge is -2.07. The van der Waals surface area contributed by atoms with E-state index < -0.39 is 0 Å². The number of hydrogen-bond donors (Lipinski definition) is 1. The first-order valence-electron chi connectivity index (χ1n) is 6.60. The molecule has 0 aromatic heterocycles. The molecule has 0 bridgehead atoms. The highest BCUT2D eigenvalue weighted by Crippen LogP contribution is 2.09. The Bertz CT molecular complexity index is 420. The van der Waals surface area contributed by atoms with Gasteiger partial charge in [-0.2, -0.15) is 0 Å². The van der Waals surface area contributed by atoms with Crippen molar-refractivity contribution in [3.8, 4) is 0 Å². The van der Waals surface area contributed by atoms with Crippen molar-refractivity contribution in [2.24, 2.45) is 0 Å². The summed E-state index contributed by atoms with van der Waals surface area (Å²) in [6.45, 7) is 5.26. The maximum Gasteiger partial charge on any atom is 0.0340 e. The van der Waals surface area contributed by atoms with Crippen molar-refractivity contribution in [2.45, 2.75) is 26.7 Å². The summed E-state index contributed by atoms with van der Waals surface area (Å²) >= 11 is 0. The number of benzene rings is 2. The fraction of sp³-hybridized carbons (Fsp3) is 0.294. The minimum absolute atomic E-state index is 1.02. The molecule has 18 heavy (non-hydrogen) atoms. The average Bonchev–Trinajstić information content (AvgIpc) is 2.39. The minimum Gasteiger partial charge on any atom is -0.385 e. The van der Waals surface area contributed by atoms with Gasteiger partial charge in [0.25, 0.3) is 0 Å². The SMILES string of the molecule is Cc1ccc(CCCNc2ccc(C)cc2)cc1. The van der Waals surface area contributed by atoms with Crippen LogP contribution in [0.2, 0.25) is 0 Å². The van der Waals surface area contributed by atoms with E-state index in [-0.39, 0.29) is 0 Å². The number of nitrogens with one attached hydrogen (secondary N) is 1. The Morgan fingerprint density at radius 2 is 1.33 bits per heavy atom. The standard InChI is InChI=1S/C17H21N/c1-14-5-9-16(10-6-14)4-3-13-18-17-11-7-15(2)8-12-17/h5-12,18H,3-4,13H2,1-2H3. The van der Waals surface area contributed by atoms with E-state index in [1.807, 2.05) is 0 Å². The van der Waals surface area contributed by atoms with Crippen molar-refractivity contribution in [1.82, 2.24) is 0 Å². The van der Waals surface area contributed by atoms with Crippen LogP contribution in [0.4, 0.5) is 5.69 Å². The van der Waals surface area contributed by atoms with Crippen LogP contribution in [0.15, 0.2) is 48.5 Å².